The Morgan fingerprint density at radius 3 is 2.92 bits per heavy atom. The van der Waals surface area contributed by atoms with Gasteiger partial charge in [0.2, 0.25) is 0 Å². The predicted octanol–water partition coefficient (Wildman–Crippen LogP) is 0.162. The number of hydrogen-bond donors (Lipinski definition) is 1. The molecule has 13 heavy (non-hydrogen) atoms. The molecular formula is C8H16N4O. The fourth-order valence-electron chi connectivity index (χ4n) is 0.923. The highest BCUT2D eigenvalue weighted by Gasteiger charge is 1.98. The lowest BCUT2D eigenvalue weighted by Gasteiger charge is -2.06. The second kappa shape index (κ2) is 4.94. The minimum Gasteiger partial charge on any atom is -0.377 e. The van der Waals surface area contributed by atoms with Crippen molar-refractivity contribution in [1.29, 1.82) is 0 Å². The summed E-state index contributed by atoms with van der Waals surface area (Å²) in [4.78, 5) is 0. The molecule has 74 valence electrons. The summed E-state index contributed by atoms with van der Waals surface area (Å²) in [6.45, 7) is 5.83. The maximum absolute atomic E-state index is 5.39. The van der Waals surface area contributed by atoms with Gasteiger partial charge < -0.3 is 10.5 Å². The Hall–Kier alpha value is -0.940. The highest BCUT2D eigenvalue weighted by molar-refractivity contribution is 4.90. The number of ether oxygens (including phenoxy) is 1. The topological polar surface area (TPSA) is 66.0 Å². The SMILES string of the molecule is CC(C)OCCn1cc(CN)nn1. The normalized spacial score (nSPS) is 11.1. The van der Waals surface area contributed by atoms with Crippen LogP contribution in [0.3, 0.4) is 0 Å². The smallest absolute Gasteiger partial charge is 0.0962 e. The van der Waals surface area contributed by atoms with Crippen LogP contribution in [0.1, 0.15) is 19.5 Å². The van der Waals surface area contributed by atoms with Gasteiger partial charge in [0.05, 0.1) is 24.9 Å². The molecule has 0 aromatic carbocycles. The summed E-state index contributed by atoms with van der Waals surface area (Å²) in [6, 6.07) is 0. The minimum atomic E-state index is 0.262. The van der Waals surface area contributed by atoms with Gasteiger partial charge in [-0.25, -0.2) is 4.68 Å². The van der Waals surface area contributed by atoms with E-state index in [1.807, 2.05) is 20.0 Å². The third-order valence-electron chi connectivity index (χ3n) is 1.57. The number of rotatable bonds is 5. The molecule has 0 atom stereocenters. The zero-order valence-electron chi connectivity index (χ0n) is 8.10. The fourth-order valence-corrected chi connectivity index (χ4v) is 0.923. The largest absolute Gasteiger partial charge is 0.377 e. The Morgan fingerprint density at radius 2 is 2.38 bits per heavy atom. The van der Waals surface area contributed by atoms with Crippen LogP contribution in [-0.2, 0) is 17.8 Å². The molecule has 1 heterocycles. The van der Waals surface area contributed by atoms with Crippen molar-refractivity contribution in [3.63, 3.8) is 0 Å². The monoisotopic (exact) mass is 184 g/mol. The van der Waals surface area contributed by atoms with Crippen molar-refractivity contribution in [2.24, 2.45) is 5.73 Å². The summed E-state index contributed by atoms with van der Waals surface area (Å²) in [5, 5.41) is 7.76. The molecule has 0 amide bonds. The number of nitrogens with two attached hydrogens (primary N) is 1. The van der Waals surface area contributed by atoms with E-state index in [1.54, 1.807) is 4.68 Å². The van der Waals surface area contributed by atoms with Crippen LogP contribution in [0, 0.1) is 0 Å². The van der Waals surface area contributed by atoms with Crippen LogP contribution in [0.5, 0.6) is 0 Å². The van der Waals surface area contributed by atoms with E-state index < -0.39 is 0 Å². The highest BCUT2D eigenvalue weighted by Crippen LogP contribution is 1.93. The van der Waals surface area contributed by atoms with E-state index >= 15 is 0 Å². The molecule has 1 aromatic heterocycles. The zero-order chi connectivity index (χ0) is 9.68. The van der Waals surface area contributed by atoms with Gasteiger partial charge in [-0.1, -0.05) is 5.21 Å². The van der Waals surface area contributed by atoms with Crippen LogP contribution in [0.2, 0.25) is 0 Å². The molecule has 5 nitrogen and oxygen atoms in total. The van der Waals surface area contributed by atoms with E-state index in [2.05, 4.69) is 10.3 Å². The average Bonchev–Trinajstić information content (AvgIpc) is 2.52. The van der Waals surface area contributed by atoms with Crippen molar-refractivity contribution in [2.45, 2.75) is 33.0 Å². The molecule has 0 radical (unpaired) electrons. The van der Waals surface area contributed by atoms with E-state index in [-0.39, 0.29) is 6.10 Å². The Balaban J connectivity index is 2.28. The Bertz CT molecular complexity index is 246. The second-order valence-electron chi connectivity index (χ2n) is 3.10. The lowest BCUT2D eigenvalue weighted by Crippen LogP contribution is -2.10. The third kappa shape index (κ3) is 3.52. The molecule has 1 aromatic rings. The first-order chi connectivity index (χ1) is 6.22. The molecule has 0 spiro atoms. The molecule has 0 unspecified atom stereocenters. The van der Waals surface area contributed by atoms with Gasteiger partial charge in [-0.15, -0.1) is 5.10 Å². The van der Waals surface area contributed by atoms with Crippen LogP contribution in [0.4, 0.5) is 0 Å². The van der Waals surface area contributed by atoms with Crippen LogP contribution in [0.15, 0.2) is 6.20 Å². The molecule has 1 rings (SSSR count). The summed E-state index contributed by atoms with van der Waals surface area (Å²) in [7, 11) is 0. The zero-order valence-corrected chi connectivity index (χ0v) is 8.10. The molecular weight excluding hydrogens is 168 g/mol. The molecule has 0 aliphatic carbocycles. The molecule has 0 aliphatic heterocycles. The van der Waals surface area contributed by atoms with Crippen LogP contribution in [-0.4, -0.2) is 27.7 Å². The molecule has 0 saturated heterocycles. The van der Waals surface area contributed by atoms with Crippen molar-refractivity contribution in [2.75, 3.05) is 6.61 Å². The summed E-state index contributed by atoms with van der Waals surface area (Å²) < 4.78 is 7.11. The van der Waals surface area contributed by atoms with Crippen LogP contribution < -0.4 is 5.73 Å². The number of nitrogens with zero attached hydrogens (tertiary/aromatic N) is 3. The van der Waals surface area contributed by atoms with E-state index in [0.29, 0.717) is 13.2 Å². The van der Waals surface area contributed by atoms with Gasteiger partial charge in [-0.2, -0.15) is 0 Å². The molecule has 5 heteroatoms. The van der Waals surface area contributed by atoms with E-state index in [0.717, 1.165) is 12.2 Å². The van der Waals surface area contributed by atoms with Crippen molar-refractivity contribution in [1.82, 2.24) is 15.0 Å². The standard InChI is InChI=1S/C8H16N4O/c1-7(2)13-4-3-12-6-8(5-9)10-11-12/h6-7H,3-5,9H2,1-2H3. The van der Waals surface area contributed by atoms with Gasteiger partial charge in [0.25, 0.3) is 0 Å². The van der Waals surface area contributed by atoms with Gasteiger partial charge >= 0.3 is 0 Å². The first-order valence-electron chi connectivity index (χ1n) is 4.43. The van der Waals surface area contributed by atoms with Gasteiger partial charge in [0.1, 0.15) is 0 Å². The lowest BCUT2D eigenvalue weighted by atomic mass is 10.5. The van der Waals surface area contributed by atoms with Gasteiger partial charge in [-0.3, -0.25) is 0 Å². The summed E-state index contributed by atoms with van der Waals surface area (Å²) in [5.41, 5.74) is 6.20. The maximum Gasteiger partial charge on any atom is 0.0962 e. The van der Waals surface area contributed by atoms with Crippen LogP contribution in [0.25, 0.3) is 0 Å². The molecule has 0 aliphatic rings. The summed E-state index contributed by atoms with van der Waals surface area (Å²) in [5.74, 6) is 0. The maximum atomic E-state index is 5.39. The van der Waals surface area contributed by atoms with Crippen LogP contribution >= 0.6 is 0 Å². The predicted molar refractivity (Wildman–Crippen MR) is 49.0 cm³/mol. The van der Waals surface area contributed by atoms with E-state index in [9.17, 15) is 0 Å². The second-order valence-corrected chi connectivity index (χ2v) is 3.10. The first-order valence-corrected chi connectivity index (χ1v) is 4.43. The quantitative estimate of drug-likeness (QED) is 0.708. The fraction of sp³-hybridized carbons (Fsp3) is 0.750. The molecule has 0 bridgehead atoms. The highest BCUT2D eigenvalue weighted by atomic mass is 16.5. The average molecular weight is 184 g/mol. The number of hydrogen-bond acceptors (Lipinski definition) is 4. The van der Waals surface area contributed by atoms with Crippen molar-refractivity contribution >= 4 is 0 Å². The molecule has 0 fully saturated rings. The van der Waals surface area contributed by atoms with Gasteiger partial charge in [0, 0.05) is 12.7 Å². The van der Waals surface area contributed by atoms with Crippen molar-refractivity contribution in [3.05, 3.63) is 11.9 Å². The van der Waals surface area contributed by atoms with E-state index in [4.69, 9.17) is 10.5 Å². The van der Waals surface area contributed by atoms with E-state index in [1.165, 1.54) is 0 Å². The van der Waals surface area contributed by atoms with Gasteiger partial charge in [0.15, 0.2) is 0 Å². The van der Waals surface area contributed by atoms with Crippen molar-refractivity contribution < 1.29 is 4.74 Å². The number of aromatic nitrogens is 3. The Morgan fingerprint density at radius 1 is 1.62 bits per heavy atom. The van der Waals surface area contributed by atoms with Crippen molar-refractivity contribution in [3.8, 4) is 0 Å². The Labute approximate surface area is 77.9 Å². The first kappa shape index (κ1) is 10.1. The summed E-state index contributed by atoms with van der Waals surface area (Å²) >= 11 is 0. The molecule has 2 N–H and O–H groups in total. The third-order valence-corrected chi connectivity index (χ3v) is 1.57. The lowest BCUT2D eigenvalue weighted by molar-refractivity contribution is 0.0707. The summed E-state index contributed by atoms with van der Waals surface area (Å²) in [6.07, 6.45) is 2.10. The van der Waals surface area contributed by atoms with Gasteiger partial charge in [-0.05, 0) is 13.8 Å². The Kier molecular flexibility index (Phi) is 3.85. The minimum absolute atomic E-state index is 0.262. The molecule has 0 saturated carbocycles.